The first kappa shape index (κ1) is 21.3. The Kier molecular flexibility index (Phi) is 6.37. The fourth-order valence-corrected chi connectivity index (χ4v) is 5.81. The number of aromatic nitrogens is 2. The van der Waals surface area contributed by atoms with Crippen LogP contribution in [0.25, 0.3) is 11.1 Å². The van der Waals surface area contributed by atoms with E-state index in [1.54, 1.807) is 0 Å². The molecule has 3 fully saturated rings. The van der Waals surface area contributed by atoms with E-state index in [-0.39, 0.29) is 30.6 Å². The summed E-state index contributed by atoms with van der Waals surface area (Å²) in [5.74, 6) is 0.223. The van der Waals surface area contributed by atoms with Gasteiger partial charge in [0, 0.05) is 55.1 Å². The first-order valence-electron chi connectivity index (χ1n) is 12.0. The van der Waals surface area contributed by atoms with E-state index in [0.29, 0.717) is 12.6 Å². The molecule has 1 aromatic heterocycles. The number of hydrogen-bond donors (Lipinski definition) is 2. The molecular weight excluding hydrogens is 402 g/mol. The van der Waals surface area contributed by atoms with Crippen molar-refractivity contribution in [3.8, 4) is 11.1 Å². The fourth-order valence-electron chi connectivity index (χ4n) is 5.81. The zero-order valence-electron chi connectivity index (χ0n) is 18.6. The molecule has 1 aromatic carbocycles. The highest BCUT2D eigenvalue weighted by Crippen LogP contribution is 2.42. The Hall–Kier alpha value is -2.51. The minimum atomic E-state index is 0.0874. The lowest BCUT2D eigenvalue weighted by Crippen LogP contribution is -2.68. The number of carbonyl (C=O) groups excluding carboxylic acids is 1. The van der Waals surface area contributed by atoms with Crippen molar-refractivity contribution in [2.75, 3.05) is 26.2 Å². The molecule has 7 nitrogen and oxygen atoms in total. The molecule has 0 unspecified atom stereocenters. The van der Waals surface area contributed by atoms with Crippen molar-refractivity contribution >= 4 is 6.03 Å². The van der Waals surface area contributed by atoms with E-state index >= 15 is 0 Å². The number of hydrogen-bond acceptors (Lipinski definition) is 5. The van der Waals surface area contributed by atoms with Crippen LogP contribution < -0.4 is 5.32 Å². The maximum atomic E-state index is 13.0. The van der Waals surface area contributed by atoms with E-state index in [1.165, 1.54) is 24.7 Å². The Morgan fingerprint density at radius 3 is 2.44 bits per heavy atom. The second-order valence-electron chi connectivity index (χ2n) is 9.41. The van der Waals surface area contributed by atoms with E-state index in [9.17, 15) is 9.90 Å². The number of amides is 2. The summed E-state index contributed by atoms with van der Waals surface area (Å²) in [6, 6.07) is 9.32. The van der Waals surface area contributed by atoms with Gasteiger partial charge in [0.15, 0.2) is 0 Å². The molecule has 3 atom stereocenters. The van der Waals surface area contributed by atoms with Crippen LogP contribution in [0.2, 0.25) is 0 Å². The first-order valence-corrected chi connectivity index (χ1v) is 12.0. The summed E-state index contributed by atoms with van der Waals surface area (Å²) in [7, 11) is 0. The Labute approximate surface area is 189 Å². The van der Waals surface area contributed by atoms with E-state index in [4.69, 9.17) is 0 Å². The highest BCUT2D eigenvalue weighted by atomic mass is 16.3. The number of nitrogens with zero attached hydrogens (tertiary/aromatic N) is 4. The van der Waals surface area contributed by atoms with Gasteiger partial charge in [-0.25, -0.2) is 14.8 Å². The number of fused-ring (bicyclic) bond motifs is 1. The van der Waals surface area contributed by atoms with Crippen LogP contribution in [-0.2, 0) is 0 Å². The third-order valence-corrected chi connectivity index (χ3v) is 7.53. The monoisotopic (exact) mass is 435 g/mol. The van der Waals surface area contributed by atoms with Crippen molar-refractivity contribution in [3.63, 3.8) is 0 Å². The van der Waals surface area contributed by atoms with Gasteiger partial charge in [-0.15, -0.1) is 0 Å². The zero-order chi connectivity index (χ0) is 21.9. The highest BCUT2D eigenvalue weighted by Gasteiger charge is 2.49. The van der Waals surface area contributed by atoms with Crippen molar-refractivity contribution < 1.29 is 9.90 Å². The summed E-state index contributed by atoms with van der Waals surface area (Å²) in [6.45, 7) is 2.66. The molecule has 0 radical (unpaired) electrons. The lowest BCUT2D eigenvalue weighted by Gasteiger charge is -2.57. The van der Waals surface area contributed by atoms with Gasteiger partial charge < -0.3 is 15.3 Å². The third-order valence-electron chi connectivity index (χ3n) is 7.53. The largest absolute Gasteiger partial charge is 0.395 e. The molecule has 3 aliphatic rings. The molecule has 2 aromatic rings. The molecule has 170 valence electrons. The first-order chi connectivity index (χ1) is 15.7. The Bertz CT molecular complexity index is 900. The molecule has 2 amide bonds. The van der Waals surface area contributed by atoms with E-state index in [1.807, 2.05) is 17.3 Å². The van der Waals surface area contributed by atoms with E-state index < -0.39 is 0 Å². The predicted molar refractivity (Wildman–Crippen MR) is 123 cm³/mol. The van der Waals surface area contributed by atoms with Crippen LogP contribution in [0.1, 0.15) is 50.0 Å². The maximum absolute atomic E-state index is 13.0. The summed E-state index contributed by atoms with van der Waals surface area (Å²) in [6.07, 6.45) is 11.9. The maximum Gasteiger partial charge on any atom is 0.317 e. The van der Waals surface area contributed by atoms with Gasteiger partial charge in [0.25, 0.3) is 0 Å². The summed E-state index contributed by atoms with van der Waals surface area (Å²) < 4.78 is 0. The molecule has 2 N–H and O–H groups in total. The molecule has 1 aliphatic carbocycles. The summed E-state index contributed by atoms with van der Waals surface area (Å²) in [4.78, 5) is 25.7. The van der Waals surface area contributed by atoms with Crippen molar-refractivity contribution in [1.82, 2.24) is 25.1 Å². The zero-order valence-corrected chi connectivity index (χ0v) is 18.6. The lowest BCUT2D eigenvalue weighted by atomic mass is 9.74. The SMILES string of the molecule is O=C(NC1CCCC1)N1CCCCN2[C@H](C1)[C@@H](c1ccc(-c3cncnc3)cc1)[C@@H]2CO. The van der Waals surface area contributed by atoms with Crippen LogP contribution in [0, 0.1) is 0 Å². The summed E-state index contributed by atoms with van der Waals surface area (Å²) in [5, 5.41) is 13.4. The second kappa shape index (κ2) is 9.55. The minimum Gasteiger partial charge on any atom is -0.395 e. The number of aliphatic hydroxyl groups excluding tert-OH is 1. The molecular formula is C25H33N5O2. The average molecular weight is 436 g/mol. The Balaban J connectivity index is 1.33. The van der Waals surface area contributed by atoms with Crippen LogP contribution in [0.5, 0.6) is 0 Å². The lowest BCUT2D eigenvalue weighted by molar-refractivity contribution is -0.0591. The predicted octanol–water partition coefficient (Wildman–Crippen LogP) is 3.02. The topological polar surface area (TPSA) is 81.6 Å². The van der Waals surface area contributed by atoms with Gasteiger partial charge in [0.1, 0.15) is 6.33 Å². The number of urea groups is 1. The Morgan fingerprint density at radius 1 is 1.00 bits per heavy atom. The van der Waals surface area contributed by atoms with Gasteiger partial charge in [-0.05, 0) is 43.4 Å². The van der Waals surface area contributed by atoms with Crippen LogP contribution in [0.3, 0.4) is 0 Å². The van der Waals surface area contributed by atoms with Crippen molar-refractivity contribution in [3.05, 3.63) is 48.5 Å². The number of benzene rings is 1. The van der Waals surface area contributed by atoms with E-state index in [2.05, 4.69) is 44.5 Å². The van der Waals surface area contributed by atoms with Gasteiger partial charge >= 0.3 is 6.03 Å². The van der Waals surface area contributed by atoms with E-state index in [0.717, 1.165) is 49.9 Å². The molecule has 32 heavy (non-hydrogen) atoms. The highest BCUT2D eigenvalue weighted by molar-refractivity contribution is 5.74. The van der Waals surface area contributed by atoms with Gasteiger partial charge in [-0.1, -0.05) is 37.1 Å². The van der Waals surface area contributed by atoms with Gasteiger partial charge in [0.05, 0.1) is 6.61 Å². The van der Waals surface area contributed by atoms with Crippen LogP contribution >= 0.6 is 0 Å². The third kappa shape index (κ3) is 4.24. The number of nitrogens with one attached hydrogen (secondary N) is 1. The van der Waals surface area contributed by atoms with Crippen LogP contribution in [0.15, 0.2) is 43.0 Å². The van der Waals surface area contributed by atoms with Crippen LogP contribution in [0.4, 0.5) is 4.79 Å². The fraction of sp³-hybridized carbons (Fsp3) is 0.560. The molecule has 5 rings (SSSR count). The molecule has 2 saturated heterocycles. The van der Waals surface area contributed by atoms with Gasteiger partial charge in [-0.2, -0.15) is 0 Å². The molecule has 3 heterocycles. The number of aliphatic hydroxyl groups is 1. The van der Waals surface area contributed by atoms with Crippen LogP contribution in [-0.4, -0.2) is 75.3 Å². The standard InChI is InChI=1S/C25H33N5O2/c31-16-23-24(19-9-7-18(8-10-19)20-13-26-17-27-14-20)22-15-29(11-3-4-12-30(22)23)25(32)28-21-5-1-2-6-21/h7-10,13-14,17,21-24,31H,1-6,11-12,15-16H2,(H,28,32)/t22-,23+,24-/m1/s1. The molecule has 7 heteroatoms. The minimum absolute atomic E-state index is 0.0874. The molecule has 1 saturated carbocycles. The molecule has 0 spiro atoms. The normalized spacial score (nSPS) is 26.7. The van der Waals surface area contributed by atoms with Gasteiger partial charge in [0.2, 0.25) is 0 Å². The molecule has 0 bridgehead atoms. The average Bonchev–Trinajstić information content (AvgIpc) is 3.32. The molecule has 2 aliphatic heterocycles. The summed E-state index contributed by atoms with van der Waals surface area (Å²) >= 11 is 0. The van der Waals surface area contributed by atoms with Gasteiger partial charge in [-0.3, -0.25) is 4.90 Å². The number of rotatable bonds is 4. The summed E-state index contributed by atoms with van der Waals surface area (Å²) in [5.41, 5.74) is 3.30. The number of carbonyl (C=O) groups is 1. The Morgan fingerprint density at radius 2 is 1.72 bits per heavy atom. The second-order valence-corrected chi connectivity index (χ2v) is 9.41. The quantitative estimate of drug-likeness (QED) is 0.772. The smallest absolute Gasteiger partial charge is 0.317 e. The van der Waals surface area contributed by atoms with Crippen molar-refractivity contribution in [1.29, 1.82) is 0 Å². The van der Waals surface area contributed by atoms with Crippen molar-refractivity contribution in [2.24, 2.45) is 0 Å². The van der Waals surface area contributed by atoms with Crippen molar-refractivity contribution in [2.45, 2.75) is 62.6 Å².